The van der Waals surface area contributed by atoms with Crippen molar-refractivity contribution in [3.63, 3.8) is 0 Å². The van der Waals surface area contributed by atoms with Crippen LogP contribution in [-0.2, 0) is 21.4 Å². The summed E-state index contributed by atoms with van der Waals surface area (Å²) >= 11 is 0. The summed E-state index contributed by atoms with van der Waals surface area (Å²) in [5.41, 5.74) is 0. The van der Waals surface area contributed by atoms with Gasteiger partial charge in [-0.3, -0.25) is 4.79 Å². The van der Waals surface area contributed by atoms with Crippen molar-refractivity contribution in [3.05, 3.63) is 12.5 Å². The van der Waals surface area contributed by atoms with Crippen LogP contribution in [0.1, 0.15) is 26.2 Å². The molecule has 1 aromatic heterocycles. The van der Waals surface area contributed by atoms with Crippen LogP contribution in [0.3, 0.4) is 0 Å². The molecular formula is C13H19N3O4S. The van der Waals surface area contributed by atoms with Crippen LogP contribution in [-0.4, -0.2) is 35.1 Å². The Morgan fingerprint density at radius 3 is 2.81 bits per heavy atom. The van der Waals surface area contributed by atoms with Crippen LogP contribution in [0.15, 0.2) is 17.6 Å². The third-order valence-electron chi connectivity index (χ3n) is 4.74. The van der Waals surface area contributed by atoms with E-state index in [9.17, 15) is 18.3 Å². The van der Waals surface area contributed by atoms with Crippen LogP contribution in [0.25, 0.3) is 0 Å². The van der Waals surface area contributed by atoms with Crippen LogP contribution in [0.2, 0.25) is 0 Å². The number of carbonyl (C=O) groups is 1. The maximum atomic E-state index is 12.4. The second-order valence-electron chi connectivity index (χ2n) is 5.89. The van der Waals surface area contributed by atoms with Gasteiger partial charge in [-0.05, 0) is 38.0 Å². The average Bonchev–Trinajstić information content (AvgIpc) is 3.13. The highest BCUT2D eigenvalue weighted by atomic mass is 32.2. The van der Waals surface area contributed by atoms with Gasteiger partial charge in [-0.15, -0.1) is 0 Å². The molecule has 0 aromatic carbocycles. The highest BCUT2D eigenvalue weighted by Gasteiger charge is 2.52. The minimum absolute atomic E-state index is 0.0451. The molecule has 0 amide bonds. The highest BCUT2D eigenvalue weighted by molar-refractivity contribution is 7.89. The van der Waals surface area contributed by atoms with E-state index in [2.05, 4.69) is 9.71 Å². The number of carboxylic acid groups (broad SMARTS) is 1. The fourth-order valence-corrected chi connectivity index (χ4v) is 4.99. The van der Waals surface area contributed by atoms with Gasteiger partial charge < -0.3 is 9.67 Å². The Hall–Kier alpha value is -1.41. The van der Waals surface area contributed by atoms with E-state index in [1.54, 1.807) is 4.57 Å². The van der Waals surface area contributed by atoms with Crippen molar-refractivity contribution >= 4 is 16.0 Å². The van der Waals surface area contributed by atoms with Gasteiger partial charge in [-0.25, -0.2) is 18.1 Å². The number of carboxylic acids is 1. The molecule has 4 unspecified atom stereocenters. The van der Waals surface area contributed by atoms with E-state index in [1.807, 2.05) is 6.92 Å². The predicted molar refractivity (Wildman–Crippen MR) is 74.0 cm³/mol. The maximum Gasteiger partial charge on any atom is 0.308 e. The molecule has 0 aliphatic heterocycles. The molecule has 7 nitrogen and oxygen atoms in total. The van der Waals surface area contributed by atoms with Crippen molar-refractivity contribution in [1.29, 1.82) is 0 Å². The van der Waals surface area contributed by atoms with E-state index in [0.29, 0.717) is 6.54 Å². The van der Waals surface area contributed by atoms with E-state index in [0.717, 1.165) is 19.3 Å². The standard InChI is InChI=1S/C13H19N3O4S/c1-2-16-6-10(14-7-16)21(19,20)15-12-9-4-3-8(5-9)11(12)13(17)18/h6-9,11-12,15H,2-5H2,1H3,(H,17,18). The summed E-state index contributed by atoms with van der Waals surface area (Å²) in [6.07, 6.45) is 5.50. The van der Waals surface area contributed by atoms with Crippen LogP contribution in [0, 0.1) is 17.8 Å². The third-order valence-corrected chi connectivity index (χ3v) is 6.09. The Labute approximate surface area is 123 Å². The smallest absolute Gasteiger partial charge is 0.308 e. The first kappa shape index (κ1) is 14.5. The molecule has 2 aliphatic carbocycles. The van der Waals surface area contributed by atoms with Crippen molar-refractivity contribution in [1.82, 2.24) is 14.3 Å². The molecule has 0 radical (unpaired) electrons. The second-order valence-corrected chi connectivity index (χ2v) is 7.55. The summed E-state index contributed by atoms with van der Waals surface area (Å²) in [6, 6.07) is -0.516. The van der Waals surface area contributed by atoms with Gasteiger partial charge in [0.15, 0.2) is 5.03 Å². The molecule has 2 fully saturated rings. The number of aryl methyl sites for hydroxylation is 1. The van der Waals surface area contributed by atoms with Gasteiger partial charge in [-0.2, -0.15) is 0 Å². The lowest BCUT2D eigenvalue weighted by Gasteiger charge is -2.28. The van der Waals surface area contributed by atoms with Gasteiger partial charge in [0.2, 0.25) is 0 Å². The number of imidazole rings is 1. The predicted octanol–water partition coefficient (Wildman–Crippen LogP) is 0.681. The Morgan fingerprint density at radius 1 is 1.48 bits per heavy atom. The molecule has 2 N–H and O–H groups in total. The first-order valence-electron chi connectivity index (χ1n) is 7.19. The quantitative estimate of drug-likeness (QED) is 0.832. The van der Waals surface area contributed by atoms with Gasteiger partial charge in [0, 0.05) is 18.8 Å². The molecule has 21 heavy (non-hydrogen) atoms. The molecule has 2 aliphatic rings. The lowest BCUT2D eigenvalue weighted by Crippen LogP contribution is -2.46. The number of fused-ring (bicyclic) bond motifs is 2. The minimum atomic E-state index is -3.77. The molecule has 2 bridgehead atoms. The fourth-order valence-electron chi connectivity index (χ4n) is 3.71. The Morgan fingerprint density at radius 2 is 2.19 bits per heavy atom. The monoisotopic (exact) mass is 313 g/mol. The Balaban J connectivity index is 1.83. The van der Waals surface area contributed by atoms with Crippen LogP contribution >= 0.6 is 0 Å². The normalized spacial score (nSPS) is 31.7. The lowest BCUT2D eigenvalue weighted by molar-refractivity contribution is -0.144. The molecule has 2 saturated carbocycles. The summed E-state index contributed by atoms with van der Waals surface area (Å²) in [6.45, 7) is 2.52. The number of sulfonamides is 1. The van der Waals surface area contributed by atoms with E-state index in [1.165, 1.54) is 12.5 Å². The van der Waals surface area contributed by atoms with E-state index >= 15 is 0 Å². The summed E-state index contributed by atoms with van der Waals surface area (Å²) in [7, 11) is -3.77. The Kier molecular flexibility index (Phi) is 3.53. The third kappa shape index (κ3) is 2.46. The van der Waals surface area contributed by atoms with Crippen LogP contribution < -0.4 is 4.72 Å². The molecule has 0 spiro atoms. The second kappa shape index (κ2) is 5.10. The van der Waals surface area contributed by atoms with Gasteiger partial charge in [0.1, 0.15) is 0 Å². The molecule has 4 atom stereocenters. The van der Waals surface area contributed by atoms with Gasteiger partial charge in [0.05, 0.1) is 12.2 Å². The summed E-state index contributed by atoms with van der Waals surface area (Å²) in [4.78, 5) is 15.3. The van der Waals surface area contributed by atoms with Gasteiger partial charge in [-0.1, -0.05) is 0 Å². The average molecular weight is 313 g/mol. The number of nitrogens with zero attached hydrogens (tertiary/aromatic N) is 2. The Bertz CT molecular complexity index is 654. The molecule has 0 saturated heterocycles. The van der Waals surface area contributed by atoms with Crippen LogP contribution in [0.5, 0.6) is 0 Å². The van der Waals surface area contributed by atoms with E-state index in [-0.39, 0.29) is 16.9 Å². The molecule has 116 valence electrons. The largest absolute Gasteiger partial charge is 0.481 e. The van der Waals surface area contributed by atoms with Gasteiger partial charge >= 0.3 is 5.97 Å². The van der Waals surface area contributed by atoms with Crippen molar-refractivity contribution < 1.29 is 18.3 Å². The van der Waals surface area contributed by atoms with Gasteiger partial charge in [0.25, 0.3) is 10.0 Å². The number of hydrogen-bond acceptors (Lipinski definition) is 4. The van der Waals surface area contributed by atoms with E-state index in [4.69, 9.17) is 0 Å². The zero-order valence-corrected chi connectivity index (χ0v) is 12.6. The number of aromatic nitrogens is 2. The first-order valence-corrected chi connectivity index (χ1v) is 8.67. The molecule has 1 heterocycles. The highest BCUT2D eigenvalue weighted by Crippen LogP contribution is 2.48. The number of aliphatic carboxylic acids is 1. The molecular weight excluding hydrogens is 294 g/mol. The maximum absolute atomic E-state index is 12.4. The van der Waals surface area contributed by atoms with Crippen LogP contribution in [0.4, 0.5) is 0 Å². The van der Waals surface area contributed by atoms with Crippen molar-refractivity contribution in [2.24, 2.45) is 17.8 Å². The number of nitrogens with one attached hydrogen (secondary N) is 1. The topological polar surface area (TPSA) is 101 Å². The van der Waals surface area contributed by atoms with Crippen molar-refractivity contribution in [3.8, 4) is 0 Å². The van der Waals surface area contributed by atoms with Crippen molar-refractivity contribution in [2.75, 3.05) is 0 Å². The minimum Gasteiger partial charge on any atom is -0.481 e. The molecule has 8 heteroatoms. The lowest BCUT2D eigenvalue weighted by atomic mass is 9.85. The fraction of sp³-hybridized carbons (Fsp3) is 0.692. The summed E-state index contributed by atoms with van der Waals surface area (Å²) in [5, 5.41) is 9.32. The number of hydrogen-bond donors (Lipinski definition) is 2. The number of rotatable bonds is 5. The molecule has 1 aromatic rings. The van der Waals surface area contributed by atoms with Crippen molar-refractivity contribution in [2.45, 2.75) is 43.8 Å². The SMILES string of the molecule is CCn1cnc(S(=O)(=O)NC2C3CCC(C3)C2C(=O)O)c1. The molecule has 3 rings (SSSR count). The zero-order valence-electron chi connectivity index (χ0n) is 11.8. The summed E-state index contributed by atoms with van der Waals surface area (Å²) in [5.74, 6) is -1.31. The first-order chi connectivity index (χ1) is 9.92. The summed E-state index contributed by atoms with van der Waals surface area (Å²) < 4.78 is 29.0. The van der Waals surface area contributed by atoms with E-state index < -0.39 is 28.0 Å². The zero-order chi connectivity index (χ0) is 15.2.